The van der Waals surface area contributed by atoms with E-state index in [0.29, 0.717) is 18.9 Å². The van der Waals surface area contributed by atoms with Crippen LogP contribution >= 0.6 is 0 Å². The maximum Gasteiger partial charge on any atom is 0.416 e. The minimum atomic E-state index is -4.65. The molecule has 2 amide bonds. The summed E-state index contributed by atoms with van der Waals surface area (Å²) in [5.74, 6) is -1.23. The van der Waals surface area contributed by atoms with Gasteiger partial charge in [0.2, 0.25) is 5.91 Å². The molecule has 2 aromatic carbocycles. The number of ether oxygens (including phenoxy) is 1. The van der Waals surface area contributed by atoms with E-state index in [4.69, 9.17) is 4.74 Å². The average molecular weight is 421 g/mol. The van der Waals surface area contributed by atoms with Crippen LogP contribution in [0.2, 0.25) is 0 Å². The molecule has 0 aromatic heterocycles. The van der Waals surface area contributed by atoms with Gasteiger partial charge in [0.15, 0.2) is 0 Å². The van der Waals surface area contributed by atoms with E-state index in [9.17, 15) is 22.8 Å². The Kier molecular flexibility index (Phi) is 6.31. The van der Waals surface area contributed by atoms with Gasteiger partial charge in [-0.15, -0.1) is 0 Å². The Morgan fingerprint density at radius 3 is 2.33 bits per heavy atom. The van der Waals surface area contributed by atoms with E-state index in [-0.39, 0.29) is 11.3 Å². The topological polar surface area (TPSA) is 70.7 Å². The maximum absolute atomic E-state index is 13.2. The number of carbonyl (C=O) groups excluding carboxylic acids is 2. The summed E-state index contributed by atoms with van der Waals surface area (Å²) in [7, 11) is 0. The molecule has 9 heteroatoms. The standard InChI is InChI=1S/C21H22F3N3O3/c1-13-9-18(27-5-7-30-8-6-27)3-4-19(13)26-20(29)15-10-16(21(22,23)24)12-17(11-15)25-14(2)28/h3-4,9-12H,5-8H2,1-2H3,(H,25,28)(H,26,29). The van der Waals surface area contributed by atoms with Crippen LogP contribution in [0.25, 0.3) is 0 Å². The number of nitrogens with one attached hydrogen (secondary N) is 2. The molecule has 2 aromatic rings. The molecule has 1 heterocycles. The molecule has 1 saturated heterocycles. The molecule has 30 heavy (non-hydrogen) atoms. The molecule has 160 valence electrons. The Morgan fingerprint density at radius 1 is 1.03 bits per heavy atom. The molecule has 0 radical (unpaired) electrons. The van der Waals surface area contributed by atoms with E-state index in [0.717, 1.165) is 36.5 Å². The normalized spacial score (nSPS) is 14.4. The van der Waals surface area contributed by atoms with Gasteiger partial charge in [-0.1, -0.05) is 0 Å². The highest BCUT2D eigenvalue weighted by atomic mass is 19.4. The molecule has 1 fully saturated rings. The number of morpholine rings is 1. The van der Waals surface area contributed by atoms with Crippen LogP contribution in [0.15, 0.2) is 36.4 Å². The van der Waals surface area contributed by atoms with E-state index in [1.54, 1.807) is 6.07 Å². The van der Waals surface area contributed by atoms with Gasteiger partial charge in [0.25, 0.3) is 5.91 Å². The van der Waals surface area contributed by atoms with Crippen LogP contribution in [0.3, 0.4) is 0 Å². The highest BCUT2D eigenvalue weighted by Crippen LogP contribution is 2.32. The second-order valence-corrected chi connectivity index (χ2v) is 7.03. The summed E-state index contributed by atoms with van der Waals surface area (Å²) in [6.45, 7) is 5.81. The highest BCUT2D eigenvalue weighted by molar-refractivity contribution is 6.06. The summed E-state index contributed by atoms with van der Waals surface area (Å²) in [5.41, 5.74) is 0.947. The summed E-state index contributed by atoms with van der Waals surface area (Å²) in [6, 6.07) is 8.25. The third kappa shape index (κ3) is 5.29. The van der Waals surface area contributed by atoms with Gasteiger partial charge in [0.05, 0.1) is 18.8 Å². The number of rotatable bonds is 4. The third-order valence-electron chi connectivity index (χ3n) is 4.68. The number of nitrogens with zero attached hydrogens (tertiary/aromatic N) is 1. The van der Waals surface area contributed by atoms with Gasteiger partial charge in [-0.3, -0.25) is 9.59 Å². The predicted molar refractivity (Wildman–Crippen MR) is 108 cm³/mol. The van der Waals surface area contributed by atoms with Crippen molar-refractivity contribution in [2.45, 2.75) is 20.0 Å². The van der Waals surface area contributed by atoms with Crippen molar-refractivity contribution in [1.29, 1.82) is 0 Å². The zero-order valence-corrected chi connectivity index (χ0v) is 16.6. The molecule has 0 bridgehead atoms. The molecule has 0 atom stereocenters. The van der Waals surface area contributed by atoms with Crippen LogP contribution in [0.4, 0.5) is 30.2 Å². The second kappa shape index (κ2) is 8.74. The first-order chi connectivity index (χ1) is 14.1. The van der Waals surface area contributed by atoms with Crippen molar-refractivity contribution in [2.24, 2.45) is 0 Å². The van der Waals surface area contributed by atoms with Crippen LogP contribution in [0.1, 0.15) is 28.4 Å². The van der Waals surface area contributed by atoms with Crippen molar-refractivity contribution in [1.82, 2.24) is 0 Å². The van der Waals surface area contributed by atoms with Crippen molar-refractivity contribution < 1.29 is 27.5 Å². The first kappa shape index (κ1) is 21.6. The Hall–Kier alpha value is -3.07. The average Bonchev–Trinajstić information content (AvgIpc) is 2.68. The maximum atomic E-state index is 13.2. The summed E-state index contributed by atoms with van der Waals surface area (Å²) in [5, 5.41) is 4.95. The molecule has 1 aliphatic heterocycles. The van der Waals surface area contributed by atoms with E-state index < -0.39 is 23.6 Å². The molecule has 0 aliphatic carbocycles. The quantitative estimate of drug-likeness (QED) is 0.781. The minimum absolute atomic E-state index is 0.0955. The van der Waals surface area contributed by atoms with Crippen molar-refractivity contribution in [2.75, 3.05) is 41.8 Å². The lowest BCUT2D eigenvalue weighted by Gasteiger charge is -2.29. The fourth-order valence-corrected chi connectivity index (χ4v) is 3.20. The van der Waals surface area contributed by atoms with Crippen molar-refractivity contribution in [3.63, 3.8) is 0 Å². The molecule has 3 rings (SSSR count). The summed E-state index contributed by atoms with van der Waals surface area (Å²) < 4.78 is 44.9. The van der Waals surface area contributed by atoms with Gasteiger partial charge in [0.1, 0.15) is 0 Å². The molecular formula is C21H22F3N3O3. The van der Waals surface area contributed by atoms with Gasteiger partial charge >= 0.3 is 6.18 Å². The van der Waals surface area contributed by atoms with Gasteiger partial charge in [-0.25, -0.2) is 0 Å². The summed E-state index contributed by atoms with van der Waals surface area (Å²) in [6.07, 6.45) is -4.65. The molecular weight excluding hydrogens is 399 g/mol. The molecule has 1 aliphatic rings. The van der Waals surface area contributed by atoms with Gasteiger partial charge < -0.3 is 20.3 Å². The fraction of sp³-hybridized carbons (Fsp3) is 0.333. The zero-order chi connectivity index (χ0) is 21.9. The lowest BCUT2D eigenvalue weighted by atomic mass is 10.1. The molecule has 0 spiro atoms. The van der Waals surface area contributed by atoms with Crippen LogP contribution in [0.5, 0.6) is 0 Å². The molecule has 2 N–H and O–H groups in total. The number of alkyl halides is 3. The molecule has 0 saturated carbocycles. The van der Waals surface area contributed by atoms with Crippen molar-refractivity contribution in [3.05, 3.63) is 53.1 Å². The van der Waals surface area contributed by atoms with Gasteiger partial charge in [-0.2, -0.15) is 13.2 Å². The summed E-state index contributed by atoms with van der Waals surface area (Å²) >= 11 is 0. The van der Waals surface area contributed by atoms with Gasteiger partial charge in [0, 0.05) is 42.6 Å². The smallest absolute Gasteiger partial charge is 0.378 e. The Morgan fingerprint density at radius 2 is 1.73 bits per heavy atom. The molecule has 6 nitrogen and oxygen atoms in total. The summed E-state index contributed by atoms with van der Waals surface area (Å²) in [4.78, 5) is 26.1. The Labute approximate surface area is 172 Å². The predicted octanol–water partition coefficient (Wildman–Crippen LogP) is 4.06. The number of amides is 2. The van der Waals surface area contributed by atoms with Crippen LogP contribution in [-0.4, -0.2) is 38.1 Å². The van der Waals surface area contributed by atoms with Gasteiger partial charge in [-0.05, 0) is 48.9 Å². The SMILES string of the molecule is CC(=O)Nc1cc(C(=O)Nc2ccc(N3CCOCC3)cc2C)cc(C(F)(F)F)c1. The van der Waals surface area contributed by atoms with Crippen molar-refractivity contribution >= 4 is 28.9 Å². The number of aryl methyl sites for hydroxylation is 1. The van der Waals surface area contributed by atoms with Crippen molar-refractivity contribution in [3.8, 4) is 0 Å². The number of hydrogen-bond donors (Lipinski definition) is 2. The number of anilines is 3. The number of halogens is 3. The highest BCUT2D eigenvalue weighted by Gasteiger charge is 2.32. The molecule has 0 unspecified atom stereocenters. The lowest BCUT2D eigenvalue weighted by molar-refractivity contribution is -0.137. The number of carbonyl (C=O) groups is 2. The van der Waals surface area contributed by atoms with Crippen LogP contribution < -0.4 is 15.5 Å². The van der Waals surface area contributed by atoms with E-state index in [1.165, 1.54) is 13.0 Å². The van der Waals surface area contributed by atoms with Crippen LogP contribution in [0, 0.1) is 6.92 Å². The second-order valence-electron chi connectivity index (χ2n) is 7.03. The number of hydrogen-bond acceptors (Lipinski definition) is 4. The minimum Gasteiger partial charge on any atom is -0.378 e. The first-order valence-corrected chi connectivity index (χ1v) is 9.38. The van der Waals surface area contributed by atoms with E-state index in [2.05, 4.69) is 15.5 Å². The third-order valence-corrected chi connectivity index (χ3v) is 4.68. The zero-order valence-electron chi connectivity index (χ0n) is 16.6. The van der Waals surface area contributed by atoms with E-state index >= 15 is 0 Å². The van der Waals surface area contributed by atoms with Crippen LogP contribution in [-0.2, 0) is 15.7 Å². The largest absolute Gasteiger partial charge is 0.416 e. The lowest BCUT2D eigenvalue weighted by Crippen LogP contribution is -2.36. The van der Waals surface area contributed by atoms with E-state index in [1.807, 2.05) is 19.1 Å². The monoisotopic (exact) mass is 421 g/mol. The fourth-order valence-electron chi connectivity index (χ4n) is 3.20. The Bertz CT molecular complexity index is 954. The Balaban J connectivity index is 1.83. The first-order valence-electron chi connectivity index (χ1n) is 9.38. The number of benzene rings is 2.